The van der Waals surface area contributed by atoms with Gasteiger partial charge in [-0.3, -0.25) is 0 Å². The van der Waals surface area contributed by atoms with Gasteiger partial charge in [-0.1, -0.05) is 102 Å². The maximum Gasteiger partial charge on any atom is 0.279 e. The zero-order valence-electron chi connectivity index (χ0n) is 24.8. The topological polar surface area (TPSA) is 20.3 Å². The maximum absolute atomic E-state index is 5.08. The van der Waals surface area contributed by atoms with E-state index in [2.05, 4.69) is 167 Å². The van der Waals surface area contributed by atoms with Crippen LogP contribution in [0.5, 0.6) is 0 Å². The number of amidine groups is 2. The Bertz CT molecular complexity index is 2730. The van der Waals surface area contributed by atoms with E-state index in [9.17, 15) is 0 Å². The van der Waals surface area contributed by atoms with Crippen molar-refractivity contribution in [2.45, 2.75) is 0 Å². The fourth-order valence-electron chi connectivity index (χ4n) is 7.15. The lowest BCUT2D eigenvalue weighted by molar-refractivity contribution is -0.317. The molecule has 214 valence electrons. The Morgan fingerprint density at radius 2 is 1.11 bits per heavy atom. The van der Waals surface area contributed by atoms with Crippen molar-refractivity contribution in [2.24, 2.45) is 4.99 Å². The van der Waals surface area contributed by atoms with Crippen LogP contribution in [0.3, 0.4) is 0 Å². The predicted molar refractivity (Wildman–Crippen MR) is 195 cm³/mol. The summed E-state index contributed by atoms with van der Waals surface area (Å²) in [6.07, 6.45) is 0. The van der Waals surface area contributed by atoms with E-state index in [0.29, 0.717) is 0 Å². The molecule has 0 amide bonds. The van der Waals surface area contributed by atoms with Gasteiger partial charge >= 0.3 is 0 Å². The van der Waals surface area contributed by atoms with Crippen molar-refractivity contribution in [1.82, 2.24) is 4.57 Å². The maximum atomic E-state index is 5.08. The van der Waals surface area contributed by atoms with Crippen molar-refractivity contribution < 1.29 is 4.58 Å². The van der Waals surface area contributed by atoms with Crippen LogP contribution < -0.4 is 0 Å². The second-order valence-electron chi connectivity index (χ2n) is 11.8. The molecule has 0 N–H and O–H groups in total. The van der Waals surface area contributed by atoms with Crippen LogP contribution in [-0.2, 0) is 0 Å². The fraction of sp³-hybridized carbons (Fsp3) is 0. The highest BCUT2D eigenvalue weighted by Gasteiger charge is 2.34. The standard InChI is InChI=1S/C42H26N3S/c1-3-13-27(14-4-1)41-43-42(28-15-5-2-6-16-28)45(41)37-24-23-36(29-17-7-8-18-30(29)37)44-35-21-11-9-19-31(35)33-25-34-32-20-10-12-22-39(32)46-40(34)26-38(33)44/h1-26H/q+1. The number of benzene rings is 7. The van der Waals surface area contributed by atoms with Crippen LogP contribution in [0.1, 0.15) is 11.1 Å². The Balaban J connectivity index is 1.25. The second-order valence-corrected chi connectivity index (χ2v) is 12.9. The van der Waals surface area contributed by atoms with E-state index in [1.165, 1.54) is 58.4 Å². The first-order valence-electron chi connectivity index (χ1n) is 15.6. The molecule has 0 saturated heterocycles. The van der Waals surface area contributed by atoms with E-state index in [-0.39, 0.29) is 0 Å². The molecule has 0 fully saturated rings. The summed E-state index contributed by atoms with van der Waals surface area (Å²) in [5.41, 5.74) is 6.94. The van der Waals surface area contributed by atoms with Crippen molar-refractivity contribution >= 4 is 81.4 Å². The van der Waals surface area contributed by atoms with E-state index in [1.54, 1.807) is 0 Å². The molecule has 7 aromatic carbocycles. The number of aliphatic imine (C=N–C) groups is 1. The zero-order valence-corrected chi connectivity index (χ0v) is 25.6. The Kier molecular flexibility index (Phi) is 5.45. The van der Waals surface area contributed by atoms with Gasteiger partial charge in [0.2, 0.25) is 0 Å². The molecule has 3 heterocycles. The van der Waals surface area contributed by atoms with E-state index in [0.717, 1.165) is 28.5 Å². The monoisotopic (exact) mass is 604 g/mol. The van der Waals surface area contributed by atoms with Crippen molar-refractivity contribution in [3.63, 3.8) is 0 Å². The molecule has 46 heavy (non-hydrogen) atoms. The first kappa shape index (κ1) is 25.5. The van der Waals surface area contributed by atoms with Gasteiger partial charge in [-0.05, 0) is 60.7 Å². The molecular weight excluding hydrogens is 579 g/mol. The van der Waals surface area contributed by atoms with Crippen LogP contribution in [0, 0.1) is 0 Å². The first-order valence-corrected chi connectivity index (χ1v) is 16.4. The summed E-state index contributed by atoms with van der Waals surface area (Å²) in [4.78, 5) is 5.08. The van der Waals surface area contributed by atoms with Gasteiger partial charge in [-0.15, -0.1) is 11.3 Å². The molecule has 0 bridgehead atoms. The summed E-state index contributed by atoms with van der Waals surface area (Å²) in [5.74, 6) is 1.92. The SMILES string of the molecule is c1ccc(C2=NC(c3ccccc3)=[N+]2c2ccc(-n3c4ccccc4c4cc5c(cc43)sc3ccccc35)c3ccccc23)cc1. The molecule has 3 nitrogen and oxygen atoms in total. The summed E-state index contributed by atoms with van der Waals surface area (Å²) in [6.45, 7) is 0. The molecule has 4 heteroatoms. The van der Waals surface area contributed by atoms with Gasteiger partial charge in [0.15, 0.2) is 0 Å². The van der Waals surface area contributed by atoms with Crippen molar-refractivity contribution in [1.29, 1.82) is 0 Å². The third-order valence-corrected chi connectivity index (χ3v) is 10.4. The lowest BCUT2D eigenvalue weighted by atomic mass is 10.0. The van der Waals surface area contributed by atoms with E-state index < -0.39 is 0 Å². The molecule has 0 aliphatic carbocycles. The molecular formula is C42H26N3S+. The van der Waals surface area contributed by atoms with Gasteiger partial charge in [0.1, 0.15) is 5.69 Å². The minimum atomic E-state index is 0.960. The number of aromatic nitrogens is 1. The van der Waals surface area contributed by atoms with Gasteiger partial charge in [0.25, 0.3) is 11.7 Å². The summed E-state index contributed by atoms with van der Waals surface area (Å²) in [6, 6.07) is 56.7. The lowest BCUT2D eigenvalue weighted by Crippen LogP contribution is -2.34. The van der Waals surface area contributed by atoms with Gasteiger partial charge in [0.05, 0.1) is 27.8 Å². The van der Waals surface area contributed by atoms with E-state index in [4.69, 9.17) is 4.99 Å². The number of hydrogen-bond donors (Lipinski definition) is 0. The lowest BCUT2D eigenvalue weighted by Gasteiger charge is -2.22. The third kappa shape index (κ3) is 3.65. The molecule has 0 radical (unpaired) electrons. The van der Waals surface area contributed by atoms with Gasteiger partial charge in [-0.25, -0.2) is 0 Å². The third-order valence-electron chi connectivity index (χ3n) is 9.23. The molecule has 2 aromatic heterocycles. The molecule has 9 aromatic rings. The van der Waals surface area contributed by atoms with Crippen LogP contribution in [0.4, 0.5) is 5.69 Å². The Morgan fingerprint density at radius 3 is 1.91 bits per heavy atom. The number of rotatable bonds is 4. The highest BCUT2D eigenvalue weighted by molar-refractivity contribution is 7.25. The average molecular weight is 605 g/mol. The summed E-state index contributed by atoms with van der Waals surface area (Å²) in [7, 11) is 0. The second kappa shape index (κ2) is 9.83. The van der Waals surface area contributed by atoms with E-state index in [1.807, 2.05) is 11.3 Å². The highest BCUT2D eigenvalue weighted by atomic mass is 32.1. The Hall–Kier alpha value is -5.84. The van der Waals surface area contributed by atoms with Crippen LogP contribution in [0.2, 0.25) is 0 Å². The quantitative estimate of drug-likeness (QED) is 0.178. The van der Waals surface area contributed by atoms with Gasteiger partial charge in [-0.2, -0.15) is 4.58 Å². The van der Waals surface area contributed by atoms with Crippen molar-refractivity contribution in [3.8, 4) is 5.69 Å². The molecule has 10 rings (SSSR count). The van der Waals surface area contributed by atoms with Gasteiger partial charge < -0.3 is 4.57 Å². The molecule has 1 aliphatic rings. The minimum Gasteiger partial charge on any atom is -0.309 e. The molecule has 0 saturated carbocycles. The molecule has 0 atom stereocenters. The van der Waals surface area contributed by atoms with E-state index >= 15 is 0 Å². The first-order chi connectivity index (χ1) is 22.8. The zero-order chi connectivity index (χ0) is 30.2. The average Bonchev–Trinajstić information content (AvgIpc) is 3.63. The summed E-state index contributed by atoms with van der Waals surface area (Å²) < 4.78 is 7.42. The van der Waals surface area contributed by atoms with Crippen LogP contribution in [-0.4, -0.2) is 20.8 Å². The molecule has 0 spiro atoms. The van der Waals surface area contributed by atoms with Crippen LogP contribution >= 0.6 is 11.3 Å². The van der Waals surface area contributed by atoms with Crippen molar-refractivity contribution in [3.05, 3.63) is 169 Å². The fourth-order valence-corrected chi connectivity index (χ4v) is 8.27. The largest absolute Gasteiger partial charge is 0.309 e. The Labute approximate surface area is 269 Å². The molecule has 0 unspecified atom stereocenters. The number of nitrogens with zero attached hydrogens (tertiary/aromatic N) is 3. The van der Waals surface area contributed by atoms with Crippen molar-refractivity contribution in [2.75, 3.05) is 0 Å². The summed E-state index contributed by atoms with van der Waals surface area (Å²) >= 11 is 1.87. The number of thiophene rings is 1. The normalized spacial score (nSPS) is 13.3. The van der Waals surface area contributed by atoms with Crippen LogP contribution in [0.15, 0.2) is 163 Å². The Morgan fingerprint density at radius 1 is 0.457 bits per heavy atom. The smallest absolute Gasteiger partial charge is 0.279 e. The number of hydrogen-bond acceptors (Lipinski definition) is 2. The van der Waals surface area contributed by atoms with Gasteiger partial charge in [0, 0.05) is 41.7 Å². The summed E-state index contributed by atoms with van der Waals surface area (Å²) in [5, 5.41) is 7.58. The number of para-hydroxylation sites is 1. The minimum absolute atomic E-state index is 0.960. The number of fused-ring (bicyclic) bond motifs is 7. The van der Waals surface area contributed by atoms with Crippen LogP contribution in [0.25, 0.3) is 58.4 Å². The predicted octanol–water partition coefficient (Wildman–Crippen LogP) is 10.9. The highest BCUT2D eigenvalue weighted by Crippen LogP contribution is 2.42. The molecule has 1 aliphatic heterocycles.